The number of rotatable bonds is 10. The van der Waals surface area contributed by atoms with E-state index in [1.54, 1.807) is 21.3 Å². The zero-order valence-corrected chi connectivity index (χ0v) is 23.1. The summed E-state index contributed by atoms with van der Waals surface area (Å²) in [5.74, 6) is 0.728. The van der Waals surface area contributed by atoms with E-state index in [9.17, 15) is 14.7 Å². The molecule has 2 aromatic rings. The number of likely N-dealkylation sites (tertiary alicyclic amines) is 1. The number of nitrogens with zero attached hydrogens (tertiary/aromatic N) is 1. The highest BCUT2D eigenvalue weighted by molar-refractivity contribution is 5.95. The third kappa shape index (κ3) is 6.27. The zero-order chi connectivity index (χ0) is 27.2. The number of quaternary nitrogens is 1. The monoisotopic (exact) mass is 512 g/mol. The second-order valence-corrected chi connectivity index (χ2v) is 11.2. The molecule has 2 unspecified atom stereocenters. The van der Waals surface area contributed by atoms with E-state index in [1.165, 1.54) is 0 Å². The molecule has 0 radical (unpaired) electrons. The van der Waals surface area contributed by atoms with Crippen LogP contribution in [0, 0.1) is 11.3 Å². The fourth-order valence-electron chi connectivity index (χ4n) is 5.80. The molecule has 1 heterocycles. The van der Waals surface area contributed by atoms with Crippen molar-refractivity contribution in [3.8, 4) is 17.2 Å². The van der Waals surface area contributed by atoms with Crippen molar-refractivity contribution in [2.75, 3.05) is 27.9 Å². The number of ether oxygens (including phenoxy) is 3. The molecule has 202 valence electrons. The van der Waals surface area contributed by atoms with Crippen LogP contribution in [0.3, 0.4) is 0 Å². The highest BCUT2D eigenvalue weighted by Gasteiger charge is 2.55. The summed E-state index contributed by atoms with van der Waals surface area (Å²) in [6.45, 7) is 6.60. The normalized spacial score (nSPS) is 21.8. The van der Waals surface area contributed by atoms with Gasteiger partial charge < -0.3 is 19.3 Å². The third-order valence-corrected chi connectivity index (χ3v) is 7.37. The summed E-state index contributed by atoms with van der Waals surface area (Å²) in [6.07, 6.45) is 4.16. The van der Waals surface area contributed by atoms with Crippen LogP contribution in [-0.4, -0.2) is 50.9 Å². The van der Waals surface area contributed by atoms with E-state index in [0.717, 1.165) is 36.9 Å². The minimum Gasteiger partial charge on any atom is -0.493 e. The molecule has 1 aliphatic rings. The summed E-state index contributed by atoms with van der Waals surface area (Å²) in [5.41, 5.74) is 1.57. The number of hydrogen-bond acceptors (Lipinski definition) is 5. The molecule has 1 aliphatic heterocycles. The van der Waals surface area contributed by atoms with Gasteiger partial charge in [0.05, 0.1) is 34.3 Å². The van der Waals surface area contributed by atoms with Gasteiger partial charge in [0.1, 0.15) is 5.69 Å². The number of carbonyl (C=O) groups is 2. The summed E-state index contributed by atoms with van der Waals surface area (Å²) in [4.78, 5) is 26.8. The Bertz CT molecular complexity index is 1050. The van der Waals surface area contributed by atoms with Crippen molar-refractivity contribution in [1.29, 1.82) is 0 Å². The van der Waals surface area contributed by atoms with E-state index < -0.39 is 12.0 Å². The number of aryl methyl sites for hydroxylation is 1. The van der Waals surface area contributed by atoms with Crippen LogP contribution in [0.1, 0.15) is 58.4 Å². The van der Waals surface area contributed by atoms with E-state index in [2.05, 4.69) is 0 Å². The Kier molecular flexibility index (Phi) is 9.24. The molecule has 0 aliphatic carbocycles. The van der Waals surface area contributed by atoms with Crippen molar-refractivity contribution in [3.05, 3.63) is 48.0 Å². The molecule has 1 fully saturated rings. The molecule has 0 bridgehead atoms. The zero-order valence-electron chi connectivity index (χ0n) is 23.1. The van der Waals surface area contributed by atoms with Crippen molar-refractivity contribution < 1.29 is 28.9 Å². The lowest BCUT2D eigenvalue weighted by atomic mass is 9.80. The standard InChI is InChI=1S/C30H41NO6/c1-30(2,3)20-26(32)31(23-15-8-7-9-16-23)17-11-14-22(27(31)29(33)34)13-10-12-21-18-24(35-4)28(37-6)25(19-21)36-5/h7-9,15-16,18-19,22,27H,10-14,17,20H2,1-6H3/p+1/t22?,27?,31-/m1/s1. The van der Waals surface area contributed by atoms with Crippen molar-refractivity contribution in [2.24, 2.45) is 11.3 Å². The van der Waals surface area contributed by atoms with Crippen molar-refractivity contribution in [1.82, 2.24) is 4.48 Å². The van der Waals surface area contributed by atoms with E-state index >= 15 is 0 Å². The van der Waals surface area contributed by atoms with Gasteiger partial charge in [-0.1, -0.05) is 39.0 Å². The summed E-state index contributed by atoms with van der Waals surface area (Å²) in [7, 11) is 4.76. The molecule has 7 heteroatoms. The second kappa shape index (κ2) is 12.0. The molecule has 1 N–H and O–H groups in total. The number of hydrogen-bond donors (Lipinski definition) is 1. The van der Waals surface area contributed by atoms with Crippen LogP contribution in [0.5, 0.6) is 17.2 Å². The van der Waals surface area contributed by atoms with Gasteiger partial charge in [0.15, 0.2) is 11.5 Å². The Morgan fingerprint density at radius 1 is 1.00 bits per heavy atom. The summed E-state index contributed by atoms with van der Waals surface area (Å²) in [6, 6.07) is 12.6. The lowest BCUT2D eigenvalue weighted by Crippen LogP contribution is -2.69. The number of benzene rings is 2. The number of carbonyl (C=O) groups excluding carboxylic acids is 1. The fourth-order valence-corrected chi connectivity index (χ4v) is 5.80. The van der Waals surface area contributed by atoms with Gasteiger partial charge in [0.2, 0.25) is 11.8 Å². The van der Waals surface area contributed by atoms with Gasteiger partial charge in [-0.15, -0.1) is 0 Å². The number of carboxylic acids is 1. The average Bonchev–Trinajstić information content (AvgIpc) is 2.87. The predicted octanol–water partition coefficient (Wildman–Crippen LogP) is 5.87. The number of para-hydroxylation sites is 1. The highest BCUT2D eigenvalue weighted by atomic mass is 16.5. The second-order valence-electron chi connectivity index (χ2n) is 11.2. The smallest absolute Gasteiger partial charge is 0.363 e. The van der Waals surface area contributed by atoms with Crippen LogP contribution in [-0.2, 0) is 16.0 Å². The Labute approximate surface area is 220 Å². The minimum atomic E-state index is -0.899. The van der Waals surface area contributed by atoms with E-state index in [1.807, 2.05) is 63.2 Å². The Morgan fingerprint density at radius 2 is 1.62 bits per heavy atom. The highest BCUT2D eigenvalue weighted by Crippen LogP contribution is 2.42. The molecule has 3 atom stereocenters. The third-order valence-electron chi connectivity index (χ3n) is 7.37. The minimum absolute atomic E-state index is 0.0135. The Hall–Kier alpha value is -3.06. The van der Waals surface area contributed by atoms with Gasteiger partial charge >= 0.3 is 11.9 Å². The van der Waals surface area contributed by atoms with Crippen LogP contribution < -0.4 is 18.7 Å². The van der Waals surface area contributed by atoms with Gasteiger partial charge in [0, 0.05) is 5.92 Å². The van der Waals surface area contributed by atoms with Gasteiger partial charge in [-0.3, -0.25) is 0 Å². The molecule has 3 rings (SSSR count). The molecule has 37 heavy (non-hydrogen) atoms. The first kappa shape index (κ1) is 28.5. The number of methoxy groups -OCH3 is 3. The van der Waals surface area contributed by atoms with Gasteiger partial charge in [-0.2, -0.15) is 0 Å². The molecule has 7 nitrogen and oxygen atoms in total. The van der Waals surface area contributed by atoms with Crippen LogP contribution in [0.15, 0.2) is 42.5 Å². The Morgan fingerprint density at radius 3 is 2.14 bits per heavy atom. The predicted molar refractivity (Wildman–Crippen MR) is 145 cm³/mol. The maximum Gasteiger partial charge on any atom is 0.363 e. The quantitative estimate of drug-likeness (QED) is 0.401. The first-order valence-electron chi connectivity index (χ1n) is 13.1. The summed E-state index contributed by atoms with van der Waals surface area (Å²) >= 11 is 0. The van der Waals surface area contributed by atoms with E-state index in [4.69, 9.17) is 14.2 Å². The van der Waals surface area contributed by atoms with Gasteiger partial charge in [-0.05, 0) is 67.3 Å². The molecule has 0 saturated carbocycles. The van der Waals surface area contributed by atoms with Crippen molar-refractivity contribution in [3.63, 3.8) is 0 Å². The van der Waals surface area contributed by atoms with Gasteiger partial charge in [0.25, 0.3) is 0 Å². The number of piperidine rings is 1. The van der Waals surface area contributed by atoms with Crippen molar-refractivity contribution in [2.45, 2.75) is 65.3 Å². The average molecular weight is 513 g/mol. The summed E-state index contributed by atoms with van der Waals surface area (Å²) < 4.78 is 16.3. The largest absolute Gasteiger partial charge is 0.493 e. The lowest BCUT2D eigenvalue weighted by molar-refractivity contribution is -0.155. The topological polar surface area (TPSA) is 82.1 Å². The molecular formula is C30H42NO6+. The SMILES string of the molecule is COc1cc(CCCC2CCC[N@+](C(=O)CC(C)(C)C)(c3ccccc3)C2C(=O)O)cc(OC)c1OC. The Balaban J connectivity index is 1.90. The van der Waals surface area contributed by atoms with Crippen LogP contribution in [0.25, 0.3) is 0 Å². The maximum absolute atomic E-state index is 14.0. The molecule has 2 aromatic carbocycles. The molecule has 0 spiro atoms. The molecule has 1 amide bonds. The van der Waals surface area contributed by atoms with Gasteiger partial charge in [-0.25, -0.2) is 14.1 Å². The fraction of sp³-hybridized carbons (Fsp3) is 0.533. The molecular weight excluding hydrogens is 470 g/mol. The number of carboxylic acid groups (broad SMARTS) is 1. The first-order valence-corrected chi connectivity index (χ1v) is 13.1. The number of aliphatic carboxylic acids is 1. The summed E-state index contributed by atoms with van der Waals surface area (Å²) in [5, 5.41) is 10.5. The number of amides is 1. The van der Waals surface area contributed by atoms with Crippen LogP contribution >= 0.6 is 0 Å². The first-order chi connectivity index (χ1) is 17.6. The van der Waals surface area contributed by atoms with E-state index in [-0.39, 0.29) is 21.7 Å². The molecule has 1 saturated heterocycles. The lowest BCUT2D eigenvalue weighted by Gasteiger charge is -2.47. The van der Waals surface area contributed by atoms with Crippen molar-refractivity contribution >= 4 is 17.6 Å². The van der Waals surface area contributed by atoms with Crippen LogP contribution in [0.2, 0.25) is 0 Å². The molecule has 0 aromatic heterocycles. The maximum atomic E-state index is 14.0. The van der Waals surface area contributed by atoms with Crippen LogP contribution in [0.4, 0.5) is 5.69 Å². The van der Waals surface area contributed by atoms with E-state index in [0.29, 0.717) is 36.6 Å².